The molecule has 0 spiro atoms. The first kappa shape index (κ1) is 14.0. The topological polar surface area (TPSA) is 72.9 Å². The van der Waals surface area contributed by atoms with Crippen LogP contribution >= 0.6 is 0 Å². The number of nitrogens with zero attached hydrogens (tertiary/aromatic N) is 2. The quantitative estimate of drug-likeness (QED) is 0.835. The van der Waals surface area contributed by atoms with Gasteiger partial charge in [0.15, 0.2) is 0 Å². The lowest BCUT2D eigenvalue weighted by Crippen LogP contribution is -2.36. The van der Waals surface area contributed by atoms with E-state index in [2.05, 4.69) is 10.3 Å². The Hall–Kier alpha value is -2.44. The van der Waals surface area contributed by atoms with Gasteiger partial charge in [0.05, 0.1) is 17.6 Å². The summed E-state index contributed by atoms with van der Waals surface area (Å²) >= 11 is 0. The Morgan fingerprint density at radius 3 is 2.85 bits per heavy atom. The van der Waals surface area contributed by atoms with Crippen molar-refractivity contribution in [3.63, 3.8) is 0 Å². The minimum Gasteiger partial charge on any atom is -0.396 e. The van der Waals surface area contributed by atoms with Crippen LogP contribution in [0.1, 0.15) is 17.3 Å². The van der Waals surface area contributed by atoms with Gasteiger partial charge in [-0.3, -0.25) is 4.79 Å². The molecule has 0 fully saturated rings. The molecule has 1 amide bonds. The van der Waals surface area contributed by atoms with Gasteiger partial charge in [0.2, 0.25) is 0 Å². The van der Waals surface area contributed by atoms with Crippen LogP contribution in [0.25, 0.3) is 0 Å². The first-order valence-electron chi connectivity index (χ1n) is 5.98. The van der Waals surface area contributed by atoms with Gasteiger partial charge in [0.1, 0.15) is 11.6 Å². The Morgan fingerprint density at radius 2 is 2.20 bits per heavy atom. The highest BCUT2D eigenvalue weighted by atomic mass is 19.1. The summed E-state index contributed by atoms with van der Waals surface area (Å²) in [6.07, 6.45) is 4.98. The van der Waals surface area contributed by atoms with Gasteiger partial charge in [0.25, 0.3) is 5.91 Å². The number of benzene rings is 1. The number of halogens is 2. The summed E-state index contributed by atoms with van der Waals surface area (Å²) in [5, 5.41) is 2.62. The number of amides is 1. The summed E-state index contributed by atoms with van der Waals surface area (Å²) in [5.74, 6) is -2.46. The van der Waals surface area contributed by atoms with Gasteiger partial charge < -0.3 is 15.6 Å². The van der Waals surface area contributed by atoms with Crippen molar-refractivity contribution in [2.45, 2.75) is 19.5 Å². The Morgan fingerprint density at radius 1 is 1.45 bits per heavy atom. The molecule has 20 heavy (non-hydrogen) atoms. The van der Waals surface area contributed by atoms with Gasteiger partial charge in [-0.1, -0.05) is 0 Å². The second kappa shape index (κ2) is 5.68. The van der Waals surface area contributed by atoms with Crippen molar-refractivity contribution in [1.29, 1.82) is 0 Å². The van der Waals surface area contributed by atoms with E-state index < -0.39 is 17.5 Å². The van der Waals surface area contributed by atoms with E-state index in [-0.39, 0.29) is 17.3 Å². The van der Waals surface area contributed by atoms with Crippen LogP contribution in [0, 0.1) is 11.6 Å². The fourth-order valence-electron chi connectivity index (χ4n) is 1.80. The number of imidazole rings is 1. The van der Waals surface area contributed by atoms with E-state index in [1.165, 1.54) is 0 Å². The van der Waals surface area contributed by atoms with Crippen LogP contribution in [0.15, 0.2) is 30.9 Å². The predicted octanol–water partition coefficient (Wildman–Crippen LogP) is 1.56. The maximum absolute atomic E-state index is 13.5. The van der Waals surface area contributed by atoms with E-state index in [1.54, 1.807) is 30.2 Å². The fourth-order valence-corrected chi connectivity index (χ4v) is 1.80. The normalized spacial score (nSPS) is 12.2. The standard InChI is InChI=1S/C13H14F2N4O/c1-8(6-19-3-2-17-7-19)18-13(20)9-4-12(16)11(15)5-10(9)14/h2-5,7-8H,6,16H2,1H3,(H,18,20). The molecule has 1 unspecified atom stereocenters. The molecule has 1 atom stereocenters. The summed E-state index contributed by atoms with van der Waals surface area (Å²) in [6, 6.07) is 1.34. The molecule has 0 aliphatic carbocycles. The molecular formula is C13H14F2N4O. The molecule has 2 rings (SSSR count). The molecule has 0 aliphatic rings. The highest BCUT2D eigenvalue weighted by Gasteiger charge is 2.16. The maximum Gasteiger partial charge on any atom is 0.254 e. The van der Waals surface area contributed by atoms with Crippen molar-refractivity contribution in [2.24, 2.45) is 0 Å². The van der Waals surface area contributed by atoms with Gasteiger partial charge in [-0.15, -0.1) is 0 Å². The molecule has 1 aromatic carbocycles. The van der Waals surface area contributed by atoms with Crippen LogP contribution in [-0.2, 0) is 6.54 Å². The first-order chi connectivity index (χ1) is 9.47. The molecule has 0 saturated carbocycles. The molecule has 0 radical (unpaired) electrons. The Balaban J connectivity index is 2.06. The van der Waals surface area contributed by atoms with Crippen LogP contribution in [0.5, 0.6) is 0 Å². The number of anilines is 1. The molecule has 5 nitrogen and oxygen atoms in total. The Bertz CT molecular complexity index is 613. The molecular weight excluding hydrogens is 266 g/mol. The molecule has 1 aromatic heterocycles. The monoisotopic (exact) mass is 280 g/mol. The van der Waals surface area contributed by atoms with E-state index in [1.807, 2.05) is 0 Å². The van der Waals surface area contributed by atoms with Crippen LogP contribution in [0.3, 0.4) is 0 Å². The van der Waals surface area contributed by atoms with E-state index in [9.17, 15) is 13.6 Å². The number of hydrogen-bond acceptors (Lipinski definition) is 3. The number of nitrogens with two attached hydrogens (primary N) is 1. The van der Waals surface area contributed by atoms with Crippen molar-refractivity contribution in [2.75, 3.05) is 5.73 Å². The number of nitrogens with one attached hydrogen (secondary N) is 1. The molecule has 0 aliphatic heterocycles. The van der Waals surface area contributed by atoms with Crippen molar-refractivity contribution in [1.82, 2.24) is 14.9 Å². The first-order valence-corrected chi connectivity index (χ1v) is 5.98. The van der Waals surface area contributed by atoms with Crippen LogP contribution in [0.2, 0.25) is 0 Å². The SMILES string of the molecule is CC(Cn1ccnc1)NC(=O)c1cc(N)c(F)cc1F. The number of aromatic nitrogens is 2. The zero-order valence-electron chi connectivity index (χ0n) is 10.8. The van der Waals surface area contributed by atoms with Crippen molar-refractivity contribution < 1.29 is 13.6 Å². The third-order valence-corrected chi connectivity index (χ3v) is 2.75. The smallest absolute Gasteiger partial charge is 0.254 e. The summed E-state index contributed by atoms with van der Waals surface area (Å²) < 4.78 is 28.3. The minimum absolute atomic E-state index is 0.248. The van der Waals surface area contributed by atoms with E-state index in [0.717, 1.165) is 6.07 Å². The molecule has 7 heteroatoms. The lowest BCUT2D eigenvalue weighted by molar-refractivity contribution is 0.0932. The van der Waals surface area contributed by atoms with Gasteiger partial charge >= 0.3 is 0 Å². The average molecular weight is 280 g/mol. The van der Waals surface area contributed by atoms with E-state index >= 15 is 0 Å². The lowest BCUT2D eigenvalue weighted by atomic mass is 10.1. The molecule has 1 heterocycles. The molecule has 2 aromatic rings. The van der Waals surface area contributed by atoms with Crippen LogP contribution < -0.4 is 11.1 Å². The lowest BCUT2D eigenvalue weighted by Gasteiger charge is -2.15. The number of nitrogen functional groups attached to an aromatic ring is 1. The Labute approximate surface area is 114 Å². The summed E-state index contributed by atoms with van der Waals surface area (Å²) in [5.41, 5.74) is 4.79. The second-order valence-electron chi connectivity index (χ2n) is 4.49. The largest absolute Gasteiger partial charge is 0.396 e. The number of carbonyl (C=O) groups is 1. The van der Waals surface area contributed by atoms with Crippen molar-refractivity contribution in [3.05, 3.63) is 48.1 Å². The highest BCUT2D eigenvalue weighted by Crippen LogP contribution is 2.16. The number of carbonyl (C=O) groups excluding carboxylic acids is 1. The second-order valence-corrected chi connectivity index (χ2v) is 4.49. The van der Waals surface area contributed by atoms with Crippen LogP contribution in [-0.4, -0.2) is 21.5 Å². The highest BCUT2D eigenvalue weighted by molar-refractivity contribution is 5.95. The third kappa shape index (κ3) is 3.11. The third-order valence-electron chi connectivity index (χ3n) is 2.75. The zero-order valence-corrected chi connectivity index (χ0v) is 10.8. The number of rotatable bonds is 4. The number of hydrogen-bond donors (Lipinski definition) is 2. The molecule has 106 valence electrons. The van der Waals surface area contributed by atoms with Crippen LogP contribution in [0.4, 0.5) is 14.5 Å². The van der Waals surface area contributed by atoms with Crippen molar-refractivity contribution >= 4 is 11.6 Å². The van der Waals surface area contributed by atoms with Gasteiger partial charge in [-0.05, 0) is 13.0 Å². The minimum atomic E-state index is -0.941. The van der Waals surface area contributed by atoms with Gasteiger partial charge in [-0.2, -0.15) is 0 Å². The summed E-state index contributed by atoms with van der Waals surface area (Å²) in [6.45, 7) is 2.26. The van der Waals surface area contributed by atoms with E-state index in [4.69, 9.17) is 5.73 Å². The van der Waals surface area contributed by atoms with Gasteiger partial charge in [-0.25, -0.2) is 13.8 Å². The van der Waals surface area contributed by atoms with E-state index in [0.29, 0.717) is 12.6 Å². The predicted molar refractivity (Wildman–Crippen MR) is 69.9 cm³/mol. The fraction of sp³-hybridized carbons (Fsp3) is 0.231. The molecule has 0 bridgehead atoms. The average Bonchev–Trinajstić information content (AvgIpc) is 2.86. The van der Waals surface area contributed by atoms with Crippen molar-refractivity contribution in [3.8, 4) is 0 Å². The molecule has 0 saturated heterocycles. The zero-order chi connectivity index (χ0) is 14.7. The molecule has 3 N–H and O–H groups in total. The summed E-state index contributed by atoms with van der Waals surface area (Å²) in [7, 11) is 0. The summed E-state index contributed by atoms with van der Waals surface area (Å²) in [4.78, 5) is 15.8. The van der Waals surface area contributed by atoms with Gasteiger partial charge in [0, 0.05) is 31.0 Å². The maximum atomic E-state index is 13.5. The Kier molecular flexibility index (Phi) is 3.97.